The van der Waals surface area contributed by atoms with Crippen LogP contribution in [0.5, 0.6) is 11.5 Å². The third kappa shape index (κ3) is 6.60. The van der Waals surface area contributed by atoms with Gasteiger partial charge in [0, 0.05) is 32.1 Å². The van der Waals surface area contributed by atoms with Gasteiger partial charge in [-0.05, 0) is 25.1 Å². The van der Waals surface area contributed by atoms with Crippen LogP contribution in [0.2, 0.25) is 0 Å². The monoisotopic (exact) mass is 428 g/mol. The summed E-state index contributed by atoms with van der Waals surface area (Å²) in [4.78, 5) is 18.0. The van der Waals surface area contributed by atoms with Crippen molar-refractivity contribution in [2.24, 2.45) is 4.99 Å². The number of hydrogen-bond donors (Lipinski definition) is 2. The molecule has 1 aliphatic heterocycles. The molecule has 3 rings (SSSR count). The van der Waals surface area contributed by atoms with Crippen molar-refractivity contribution in [2.45, 2.75) is 25.5 Å². The van der Waals surface area contributed by atoms with Gasteiger partial charge in [-0.3, -0.25) is 4.79 Å². The number of carbonyl (C=O) groups excluding carboxylic acids is 1. The Labute approximate surface area is 182 Å². The SMILES string of the molecule is CC(CNC(=NCC(=O)N(C)C)NC1CCOc2ccccc21)Oc1cccc(F)c1. The first-order valence-corrected chi connectivity index (χ1v) is 10.3. The first kappa shape index (κ1) is 22.4. The summed E-state index contributed by atoms with van der Waals surface area (Å²) < 4.78 is 24.9. The van der Waals surface area contributed by atoms with Gasteiger partial charge in [0.15, 0.2) is 5.96 Å². The first-order chi connectivity index (χ1) is 14.9. The van der Waals surface area contributed by atoms with E-state index < -0.39 is 0 Å². The maximum absolute atomic E-state index is 13.4. The van der Waals surface area contributed by atoms with E-state index in [2.05, 4.69) is 15.6 Å². The molecule has 166 valence electrons. The summed E-state index contributed by atoms with van der Waals surface area (Å²) in [6.07, 6.45) is 0.523. The number of likely N-dealkylation sites (N-methyl/N-ethyl adjacent to an activating group) is 1. The van der Waals surface area contributed by atoms with Gasteiger partial charge in [0.2, 0.25) is 5.91 Å². The number of hydrogen-bond acceptors (Lipinski definition) is 4. The maximum Gasteiger partial charge on any atom is 0.243 e. The predicted molar refractivity (Wildman–Crippen MR) is 118 cm³/mol. The van der Waals surface area contributed by atoms with Gasteiger partial charge in [0.25, 0.3) is 0 Å². The second kappa shape index (κ2) is 10.7. The van der Waals surface area contributed by atoms with E-state index in [1.54, 1.807) is 26.2 Å². The highest BCUT2D eigenvalue weighted by Gasteiger charge is 2.22. The lowest BCUT2D eigenvalue weighted by Gasteiger charge is -2.28. The highest BCUT2D eigenvalue weighted by atomic mass is 19.1. The Balaban J connectivity index is 1.66. The van der Waals surface area contributed by atoms with Crippen LogP contribution in [0.3, 0.4) is 0 Å². The highest BCUT2D eigenvalue weighted by molar-refractivity contribution is 5.85. The molecule has 0 aliphatic carbocycles. The van der Waals surface area contributed by atoms with Crippen LogP contribution in [0.25, 0.3) is 0 Å². The van der Waals surface area contributed by atoms with Crippen molar-refractivity contribution in [1.82, 2.24) is 15.5 Å². The standard InChI is InChI=1S/C23H29FN4O3/c1-16(31-18-8-6-7-17(24)13-18)14-25-23(26-15-22(29)28(2)3)27-20-11-12-30-21-10-5-4-9-19(20)21/h4-10,13,16,20H,11-12,14-15H2,1-3H3,(H2,25,26,27). The Kier molecular flexibility index (Phi) is 7.70. The molecule has 1 amide bonds. The zero-order chi connectivity index (χ0) is 22.2. The van der Waals surface area contributed by atoms with Gasteiger partial charge in [-0.1, -0.05) is 24.3 Å². The van der Waals surface area contributed by atoms with Gasteiger partial charge >= 0.3 is 0 Å². The number of guanidine groups is 1. The molecule has 2 aromatic carbocycles. The number of aliphatic imine (C=N–C) groups is 1. The maximum atomic E-state index is 13.4. The van der Waals surface area contributed by atoms with Gasteiger partial charge in [-0.25, -0.2) is 9.38 Å². The van der Waals surface area contributed by atoms with E-state index in [-0.39, 0.29) is 30.4 Å². The lowest BCUT2D eigenvalue weighted by atomic mass is 10.0. The predicted octanol–water partition coefficient (Wildman–Crippen LogP) is 2.74. The van der Waals surface area contributed by atoms with E-state index in [1.165, 1.54) is 17.0 Å². The quantitative estimate of drug-likeness (QED) is 0.524. The number of benzene rings is 2. The number of halogens is 1. The Morgan fingerprint density at radius 3 is 2.87 bits per heavy atom. The van der Waals surface area contributed by atoms with Crippen LogP contribution in [0.15, 0.2) is 53.5 Å². The molecule has 0 aromatic heterocycles. The molecule has 8 heteroatoms. The van der Waals surface area contributed by atoms with Crippen molar-refractivity contribution in [2.75, 3.05) is 33.8 Å². The minimum atomic E-state index is -0.345. The van der Waals surface area contributed by atoms with Crippen molar-refractivity contribution >= 4 is 11.9 Å². The number of nitrogens with one attached hydrogen (secondary N) is 2. The fourth-order valence-electron chi connectivity index (χ4n) is 3.15. The van der Waals surface area contributed by atoms with E-state index in [0.29, 0.717) is 24.9 Å². The van der Waals surface area contributed by atoms with Crippen LogP contribution in [0.1, 0.15) is 24.9 Å². The van der Waals surface area contributed by atoms with Gasteiger partial charge in [-0.2, -0.15) is 0 Å². The molecule has 2 N–H and O–H groups in total. The number of nitrogens with zero attached hydrogens (tertiary/aromatic N) is 2. The summed E-state index contributed by atoms with van der Waals surface area (Å²) >= 11 is 0. The lowest BCUT2D eigenvalue weighted by Crippen LogP contribution is -2.44. The van der Waals surface area contributed by atoms with E-state index >= 15 is 0 Å². The Hall–Kier alpha value is -3.29. The zero-order valence-electron chi connectivity index (χ0n) is 18.1. The highest BCUT2D eigenvalue weighted by Crippen LogP contribution is 2.31. The van der Waals surface area contributed by atoms with E-state index in [0.717, 1.165) is 17.7 Å². The fraction of sp³-hybridized carbons (Fsp3) is 0.391. The van der Waals surface area contributed by atoms with E-state index in [1.807, 2.05) is 31.2 Å². The summed E-state index contributed by atoms with van der Waals surface area (Å²) in [6, 6.07) is 13.9. The third-order valence-corrected chi connectivity index (χ3v) is 4.83. The lowest BCUT2D eigenvalue weighted by molar-refractivity contribution is -0.127. The topological polar surface area (TPSA) is 75.2 Å². The normalized spacial score (nSPS) is 16.5. The van der Waals surface area contributed by atoms with Crippen molar-refractivity contribution in [1.29, 1.82) is 0 Å². The van der Waals surface area contributed by atoms with Gasteiger partial charge < -0.3 is 25.0 Å². The Bertz CT molecular complexity index is 919. The second-order valence-electron chi connectivity index (χ2n) is 7.59. The van der Waals surface area contributed by atoms with Crippen LogP contribution in [0, 0.1) is 5.82 Å². The van der Waals surface area contributed by atoms with Crippen LogP contribution in [0.4, 0.5) is 4.39 Å². The molecule has 0 radical (unpaired) electrons. The van der Waals surface area contributed by atoms with Gasteiger partial charge in [0.1, 0.15) is 30.0 Å². The summed E-state index contributed by atoms with van der Waals surface area (Å²) in [5.74, 6) is 1.37. The average molecular weight is 429 g/mol. The molecule has 2 unspecified atom stereocenters. The van der Waals surface area contributed by atoms with Crippen molar-refractivity contribution < 1.29 is 18.7 Å². The van der Waals surface area contributed by atoms with Gasteiger partial charge in [0.05, 0.1) is 19.2 Å². The van der Waals surface area contributed by atoms with E-state index in [9.17, 15) is 9.18 Å². The summed E-state index contributed by atoms with van der Waals surface area (Å²) in [6.45, 7) is 2.91. The van der Waals surface area contributed by atoms with Crippen LogP contribution in [-0.4, -0.2) is 56.7 Å². The van der Waals surface area contributed by atoms with Gasteiger partial charge in [-0.15, -0.1) is 0 Å². The molecule has 0 spiro atoms. The molecule has 0 saturated heterocycles. The summed E-state index contributed by atoms with van der Waals surface area (Å²) in [7, 11) is 3.39. The Morgan fingerprint density at radius 1 is 1.29 bits per heavy atom. The number of ether oxygens (including phenoxy) is 2. The molecule has 31 heavy (non-hydrogen) atoms. The fourth-order valence-corrected chi connectivity index (χ4v) is 3.15. The number of fused-ring (bicyclic) bond motifs is 1. The zero-order valence-corrected chi connectivity index (χ0v) is 18.1. The number of para-hydroxylation sites is 1. The minimum Gasteiger partial charge on any atom is -0.493 e. The average Bonchev–Trinajstić information content (AvgIpc) is 2.75. The molecule has 0 bridgehead atoms. The molecule has 1 heterocycles. The molecule has 2 atom stereocenters. The van der Waals surface area contributed by atoms with Crippen LogP contribution in [-0.2, 0) is 4.79 Å². The van der Waals surface area contributed by atoms with Crippen molar-refractivity contribution in [3.63, 3.8) is 0 Å². The molecule has 1 aliphatic rings. The largest absolute Gasteiger partial charge is 0.493 e. The Morgan fingerprint density at radius 2 is 2.10 bits per heavy atom. The number of carbonyl (C=O) groups is 1. The molecular formula is C23H29FN4O3. The molecular weight excluding hydrogens is 399 g/mol. The molecule has 2 aromatic rings. The van der Waals surface area contributed by atoms with Crippen LogP contribution >= 0.6 is 0 Å². The third-order valence-electron chi connectivity index (χ3n) is 4.83. The summed E-state index contributed by atoms with van der Waals surface area (Å²) in [5, 5.41) is 6.64. The molecule has 0 saturated carbocycles. The minimum absolute atomic E-state index is 0.00472. The van der Waals surface area contributed by atoms with Crippen molar-refractivity contribution in [3.05, 3.63) is 59.9 Å². The van der Waals surface area contributed by atoms with Crippen molar-refractivity contribution in [3.8, 4) is 11.5 Å². The van der Waals surface area contributed by atoms with E-state index in [4.69, 9.17) is 9.47 Å². The molecule has 0 fully saturated rings. The smallest absolute Gasteiger partial charge is 0.243 e. The first-order valence-electron chi connectivity index (χ1n) is 10.3. The molecule has 7 nitrogen and oxygen atoms in total. The number of amides is 1. The number of rotatable bonds is 7. The second-order valence-corrected chi connectivity index (χ2v) is 7.59. The van der Waals surface area contributed by atoms with Crippen LogP contribution < -0.4 is 20.1 Å². The summed E-state index contributed by atoms with van der Waals surface area (Å²) in [5.41, 5.74) is 1.05.